The fraction of sp³-hybridized carbons (Fsp3) is 0. The van der Waals surface area contributed by atoms with Gasteiger partial charge in [-0.1, -0.05) is 6.21 Å². The number of hydrogen-bond acceptors (Lipinski definition) is 2. The van der Waals surface area contributed by atoms with Crippen molar-refractivity contribution in [1.82, 2.24) is 0 Å². The standard InChI is InChI=1S/C4H2NOS/c6-7-4-1-2-5-3-4/h1-2H/q-1. The van der Waals surface area contributed by atoms with Gasteiger partial charge in [-0.05, 0) is 4.86 Å². The second kappa shape index (κ2) is 1.84. The van der Waals surface area contributed by atoms with E-state index in [1.807, 2.05) is 0 Å². The fourth-order valence-electron chi connectivity index (χ4n) is 0.290. The van der Waals surface area contributed by atoms with Crippen LogP contribution in [0.2, 0.25) is 0 Å². The molecule has 1 heterocycles. The molecule has 0 aromatic carbocycles. The van der Waals surface area contributed by atoms with Crippen molar-refractivity contribution in [3.63, 3.8) is 0 Å². The predicted octanol–water partition coefficient (Wildman–Crippen LogP) is -0.153. The lowest BCUT2D eigenvalue weighted by molar-refractivity contribution is 0.701. The molecule has 0 unspecified atom stereocenters. The molecule has 0 saturated carbocycles. The summed E-state index contributed by atoms with van der Waals surface area (Å²) in [6.07, 6.45) is 5.65. The van der Waals surface area contributed by atoms with Gasteiger partial charge in [-0.15, -0.1) is 6.20 Å². The lowest BCUT2D eigenvalue weighted by Gasteiger charge is -1.76. The second-order valence-electron chi connectivity index (χ2n) is 1.00. The maximum Gasteiger partial charge on any atom is 0.0699 e. The molecule has 36 valence electrons. The zero-order chi connectivity index (χ0) is 5.11. The van der Waals surface area contributed by atoms with Crippen LogP contribution in [0.4, 0.5) is 0 Å². The van der Waals surface area contributed by atoms with Gasteiger partial charge in [0.1, 0.15) is 0 Å². The van der Waals surface area contributed by atoms with Crippen LogP contribution >= 0.6 is 0 Å². The minimum absolute atomic E-state index is 0.407. The van der Waals surface area contributed by atoms with Crippen molar-refractivity contribution in [1.29, 1.82) is 0 Å². The summed E-state index contributed by atoms with van der Waals surface area (Å²) in [5.74, 6) is 0. The summed E-state index contributed by atoms with van der Waals surface area (Å²) in [7, 11) is 0. The van der Waals surface area contributed by atoms with E-state index in [2.05, 4.69) is 11.2 Å². The van der Waals surface area contributed by atoms with Gasteiger partial charge in [0.2, 0.25) is 0 Å². The van der Waals surface area contributed by atoms with Crippen molar-refractivity contribution in [3.05, 3.63) is 12.3 Å². The molecule has 0 atom stereocenters. The Balaban J connectivity index is 3.00. The molecule has 1 rings (SSSR count). The van der Waals surface area contributed by atoms with E-state index in [9.17, 15) is 4.21 Å². The topological polar surface area (TPSA) is 29.4 Å². The molecule has 2 nitrogen and oxygen atoms in total. The average Bonchev–Trinajstić information content (AvgIpc) is 2.14. The Morgan fingerprint density at radius 1 is 1.86 bits per heavy atom. The third-order valence-electron chi connectivity index (χ3n) is 0.565. The van der Waals surface area contributed by atoms with Crippen LogP contribution in [-0.4, -0.2) is 15.3 Å². The van der Waals surface area contributed by atoms with Gasteiger partial charge in [0.05, 0.1) is 11.3 Å². The minimum atomic E-state index is 0.407. The Labute approximate surface area is 44.6 Å². The van der Waals surface area contributed by atoms with Gasteiger partial charge in [0.25, 0.3) is 0 Å². The Morgan fingerprint density at radius 3 is 3.00 bits per heavy atom. The molecule has 0 amide bonds. The third kappa shape index (κ3) is 0.838. The first kappa shape index (κ1) is 4.46. The van der Waals surface area contributed by atoms with E-state index in [1.165, 1.54) is 0 Å². The van der Waals surface area contributed by atoms with Crippen LogP contribution in [0.5, 0.6) is 0 Å². The molecule has 0 fully saturated rings. The second-order valence-corrected chi connectivity index (χ2v) is 1.61. The highest BCUT2D eigenvalue weighted by Crippen LogP contribution is 1.83. The Hall–Kier alpha value is -0.700. The molecule has 1 aliphatic heterocycles. The SMILES string of the molecule is O=S=C1[C-]=NC=C1. The zero-order valence-corrected chi connectivity index (χ0v) is 4.23. The number of hydrogen-bond donors (Lipinski definition) is 0. The molecular weight excluding hydrogens is 110 g/mol. The van der Waals surface area contributed by atoms with Crippen molar-refractivity contribution >= 4 is 22.3 Å². The molecule has 0 saturated heterocycles. The summed E-state index contributed by atoms with van der Waals surface area (Å²) in [6, 6.07) is 0. The molecule has 0 aliphatic carbocycles. The van der Waals surface area contributed by atoms with E-state index < -0.39 is 0 Å². The van der Waals surface area contributed by atoms with E-state index in [4.69, 9.17) is 0 Å². The summed E-state index contributed by atoms with van der Waals surface area (Å²) >= 11 is 0.407. The van der Waals surface area contributed by atoms with E-state index in [0.717, 1.165) is 0 Å². The molecule has 7 heavy (non-hydrogen) atoms. The Bertz CT molecular complexity index is 162. The highest BCUT2D eigenvalue weighted by molar-refractivity contribution is 7.68. The largest absolute Gasteiger partial charge is 0.404 e. The fourth-order valence-corrected chi connectivity index (χ4v) is 0.496. The van der Waals surface area contributed by atoms with Crippen LogP contribution in [0.15, 0.2) is 17.3 Å². The Kier molecular flexibility index (Phi) is 1.17. The zero-order valence-electron chi connectivity index (χ0n) is 3.42. The highest BCUT2D eigenvalue weighted by Gasteiger charge is 1.76. The predicted molar refractivity (Wildman–Crippen MR) is 29.7 cm³/mol. The van der Waals surface area contributed by atoms with E-state index in [-0.39, 0.29) is 0 Å². The van der Waals surface area contributed by atoms with Crippen LogP contribution < -0.4 is 0 Å². The normalized spacial score (nSPS) is 15.7. The first-order chi connectivity index (χ1) is 3.43. The van der Waals surface area contributed by atoms with Crippen molar-refractivity contribution in [3.8, 4) is 0 Å². The molecule has 0 aromatic heterocycles. The van der Waals surface area contributed by atoms with Crippen LogP contribution in [0.1, 0.15) is 0 Å². The van der Waals surface area contributed by atoms with Crippen molar-refractivity contribution in [2.45, 2.75) is 0 Å². The van der Waals surface area contributed by atoms with Gasteiger partial charge >= 0.3 is 0 Å². The van der Waals surface area contributed by atoms with Crippen LogP contribution in [0.3, 0.4) is 0 Å². The lowest BCUT2D eigenvalue weighted by Crippen LogP contribution is -1.86. The molecule has 0 radical (unpaired) electrons. The van der Waals surface area contributed by atoms with Gasteiger partial charge in [-0.2, -0.15) is 6.08 Å². The molecule has 0 bridgehead atoms. The van der Waals surface area contributed by atoms with Gasteiger partial charge < -0.3 is 4.99 Å². The third-order valence-corrected chi connectivity index (χ3v) is 0.972. The summed E-state index contributed by atoms with van der Waals surface area (Å²) in [6.45, 7) is 0. The summed E-state index contributed by atoms with van der Waals surface area (Å²) in [4.78, 5) is 4.10. The summed E-state index contributed by atoms with van der Waals surface area (Å²) in [5, 5.41) is 0. The maximum atomic E-state index is 9.84. The molecular formula is C4H2NOS-. The molecule has 3 heteroatoms. The quantitative estimate of drug-likeness (QED) is 0.316. The van der Waals surface area contributed by atoms with Gasteiger partial charge in [0.15, 0.2) is 0 Å². The summed E-state index contributed by atoms with van der Waals surface area (Å²) in [5.41, 5.74) is 0. The Morgan fingerprint density at radius 2 is 2.71 bits per heavy atom. The van der Waals surface area contributed by atoms with Crippen LogP contribution in [-0.2, 0) is 11.3 Å². The first-order valence-electron chi connectivity index (χ1n) is 1.72. The smallest absolute Gasteiger partial charge is 0.0699 e. The molecule has 0 aromatic rings. The first-order valence-corrected chi connectivity index (χ1v) is 2.47. The number of nitrogens with zero attached hydrogens (tertiary/aromatic N) is 1. The minimum Gasteiger partial charge on any atom is -0.404 e. The highest BCUT2D eigenvalue weighted by atomic mass is 32.1. The van der Waals surface area contributed by atoms with Crippen molar-refractivity contribution in [2.24, 2.45) is 4.99 Å². The van der Waals surface area contributed by atoms with Crippen molar-refractivity contribution in [2.75, 3.05) is 0 Å². The number of rotatable bonds is 0. The van der Waals surface area contributed by atoms with E-state index in [0.29, 0.717) is 16.1 Å². The van der Waals surface area contributed by atoms with Crippen LogP contribution in [0.25, 0.3) is 0 Å². The molecule has 0 N–H and O–H groups in total. The molecule has 0 spiro atoms. The maximum absolute atomic E-state index is 9.84. The van der Waals surface area contributed by atoms with E-state index in [1.54, 1.807) is 12.3 Å². The van der Waals surface area contributed by atoms with Crippen LogP contribution in [0, 0.1) is 0 Å². The van der Waals surface area contributed by atoms with Gasteiger partial charge in [0, 0.05) is 0 Å². The number of aliphatic imine (C=N–C) groups is 1. The van der Waals surface area contributed by atoms with Gasteiger partial charge in [-0.3, -0.25) is 0 Å². The monoisotopic (exact) mass is 112 g/mol. The van der Waals surface area contributed by atoms with Crippen molar-refractivity contribution < 1.29 is 4.21 Å². The number of allylic oxidation sites excluding steroid dienone is 1. The average molecular weight is 112 g/mol. The van der Waals surface area contributed by atoms with Gasteiger partial charge in [-0.25, -0.2) is 4.21 Å². The summed E-state index contributed by atoms with van der Waals surface area (Å²) < 4.78 is 9.84. The molecule has 1 aliphatic rings. The lowest BCUT2D eigenvalue weighted by atomic mass is 10.5. The van der Waals surface area contributed by atoms with E-state index >= 15 is 0 Å².